The molecule has 0 fully saturated rings. The summed E-state index contributed by atoms with van der Waals surface area (Å²) in [5.74, 6) is 7.95. The summed E-state index contributed by atoms with van der Waals surface area (Å²) in [6.45, 7) is -2.63. The van der Waals surface area contributed by atoms with E-state index < -0.39 is 59.6 Å². The SMILES string of the molecule is N/N=C\N(N)CC(O)(c1ccc(F)cc1F)C(F)(F)c1ccc(C#Cc2ccc(C(=O)NCC(F)(F)F)s2)cn1. The van der Waals surface area contributed by atoms with E-state index in [1.54, 1.807) is 5.32 Å². The first-order valence-electron chi connectivity index (χ1n) is 10.9. The number of amides is 1. The lowest BCUT2D eigenvalue weighted by molar-refractivity contribution is -0.203. The fraction of sp³-hybridized carbons (Fsp3) is 0.208. The Hall–Kier alpha value is -4.20. The van der Waals surface area contributed by atoms with Crippen LogP contribution in [0, 0.1) is 23.5 Å². The number of pyridine rings is 1. The summed E-state index contributed by atoms with van der Waals surface area (Å²) < 4.78 is 96.2. The third-order valence-corrected chi connectivity index (χ3v) is 6.22. The maximum Gasteiger partial charge on any atom is 0.405 e. The number of halogens is 7. The van der Waals surface area contributed by atoms with Gasteiger partial charge in [-0.25, -0.2) is 14.6 Å². The van der Waals surface area contributed by atoms with Gasteiger partial charge in [0.25, 0.3) is 5.91 Å². The molecule has 1 unspecified atom stereocenters. The minimum absolute atomic E-state index is 0.0254. The second-order valence-corrected chi connectivity index (χ2v) is 9.22. The average Bonchev–Trinajstić information content (AvgIpc) is 3.35. The number of alkyl halides is 5. The van der Waals surface area contributed by atoms with E-state index in [4.69, 9.17) is 11.7 Å². The van der Waals surface area contributed by atoms with Crippen LogP contribution < -0.4 is 17.0 Å². The summed E-state index contributed by atoms with van der Waals surface area (Å²) in [5.41, 5.74) is -5.25. The van der Waals surface area contributed by atoms with Gasteiger partial charge in [-0.05, 0) is 36.4 Å². The molecule has 0 saturated carbocycles. The predicted molar refractivity (Wildman–Crippen MR) is 131 cm³/mol. The Morgan fingerprint density at radius 2 is 1.85 bits per heavy atom. The van der Waals surface area contributed by atoms with Gasteiger partial charge in [0, 0.05) is 23.4 Å². The van der Waals surface area contributed by atoms with Crippen LogP contribution in [0.4, 0.5) is 30.7 Å². The minimum atomic E-state index is -4.57. The predicted octanol–water partition coefficient (Wildman–Crippen LogP) is 3.17. The number of thiophene rings is 1. The molecule has 3 aromatic rings. The number of nitrogens with two attached hydrogens (primary N) is 2. The lowest BCUT2D eigenvalue weighted by Gasteiger charge is -2.37. The monoisotopic (exact) mass is 588 g/mol. The zero-order valence-electron chi connectivity index (χ0n) is 20.0. The number of aromatic nitrogens is 1. The standard InChI is InChI=1S/C24H19F7N6O2S/c25-15-3-6-17(18(26)9-15)22(39,12-37(33)13-36-32)24(30,31)20-8-2-14(10-34-20)1-4-16-5-7-19(40-16)21(38)35-11-23(27,28)29/h2-3,5-10,13,39H,11-12,32-33H2,(H,35,38)/b36-13-. The number of aliphatic hydroxyl groups is 1. The van der Waals surface area contributed by atoms with Crippen molar-refractivity contribution in [2.75, 3.05) is 13.1 Å². The molecular weight excluding hydrogens is 569 g/mol. The highest BCUT2D eigenvalue weighted by atomic mass is 32.1. The highest BCUT2D eigenvalue weighted by Gasteiger charge is 2.58. The Bertz CT molecular complexity index is 1450. The minimum Gasteiger partial charge on any atom is -0.377 e. The molecule has 1 aromatic carbocycles. The van der Waals surface area contributed by atoms with Gasteiger partial charge in [0.2, 0.25) is 0 Å². The lowest BCUT2D eigenvalue weighted by atomic mass is 9.84. The number of hydrogen-bond donors (Lipinski definition) is 4. The Labute approximate surface area is 226 Å². The number of nitrogens with zero attached hydrogens (tertiary/aromatic N) is 3. The summed E-state index contributed by atoms with van der Waals surface area (Å²) in [4.78, 5) is 15.7. The fourth-order valence-corrected chi connectivity index (χ4v) is 4.14. The molecule has 8 nitrogen and oxygen atoms in total. The molecule has 6 N–H and O–H groups in total. The van der Waals surface area contributed by atoms with Gasteiger partial charge in [0.1, 0.15) is 30.2 Å². The van der Waals surface area contributed by atoms with Gasteiger partial charge in [-0.1, -0.05) is 11.8 Å². The first kappa shape index (κ1) is 30.3. The summed E-state index contributed by atoms with van der Waals surface area (Å²) in [6.07, 6.45) is -2.94. The summed E-state index contributed by atoms with van der Waals surface area (Å²) in [5, 5.41) is 16.4. The van der Waals surface area contributed by atoms with Crippen molar-refractivity contribution >= 4 is 23.6 Å². The van der Waals surface area contributed by atoms with Crippen molar-refractivity contribution in [1.82, 2.24) is 15.3 Å². The van der Waals surface area contributed by atoms with Crippen molar-refractivity contribution in [2.45, 2.75) is 17.7 Å². The number of hydrogen-bond acceptors (Lipinski definition) is 7. The molecule has 0 radical (unpaired) electrons. The number of carbonyl (C=O) groups excluding carboxylic acids is 1. The molecule has 2 aromatic heterocycles. The van der Waals surface area contributed by atoms with E-state index in [1.165, 1.54) is 12.1 Å². The lowest BCUT2D eigenvalue weighted by Crippen LogP contribution is -2.53. The van der Waals surface area contributed by atoms with Crippen LogP contribution >= 0.6 is 11.3 Å². The molecule has 0 spiro atoms. The van der Waals surface area contributed by atoms with E-state index in [-0.39, 0.29) is 15.3 Å². The Morgan fingerprint density at radius 1 is 1.12 bits per heavy atom. The average molecular weight is 589 g/mol. The van der Waals surface area contributed by atoms with Gasteiger partial charge in [-0.2, -0.15) is 27.1 Å². The number of carbonyl (C=O) groups is 1. The van der Waals surface area contributed by atoms with Crippen molar-refractivity contribution in [1.29, 1.82) is 0 Å². The van der Waals surface area contributed by atoms with E-state index in [0.29, 0.717) is 29.5 Å². The van der Waals surface area contributed by atoms with Gasteiger partial charge in [0.15, 0.2) is 5.60 Å². The Morgan fingerprint density at radius 3 is 2.45 bits per heavy atom. The van der Waals surface area contributed by atoms with Gasteiger partial charge in [-0.3, -0.25) is 14.8 Å². The van der Waals surface area contributed by atoms with Crippen molar-refractivity contribution in [3.63, 3.8) is 0 Å². The van der Waals surface area contributed by atoms with Gasteiger partial charge in [-0.15, -0.1) is 11.3 Å². The Balaban J connectivity index is 1.86. The smallest absolute Gasteiger partial charge is 0.377 e. The van der Waals surface area contributed by atoms with Crippen molar-refractivity contribution in [3.05, 3.63) is 86.9 Å². The van der Waals surface area contributed by atoms with E-state index in [0.717, 1.165) is 29.7 Å². The maximum atomic E-state index is 15.7. The molecule has 3 rings (SSSR count). The first-order chi connectivity index (χ1) is 18.7. The van der Waals surface area contributed by atoms with Crippen LogP contribution in [-0.4, -0.2) is 46.6 Å². The number of rotatable bonds is 8. The molecule has 0 aliphatic rings. The number of hydrazine groups is 1. The van der Waals surface area contributed by atoms with Gasteiger partial charge < -0.3 is 16.3 Å². The van der Waals surface area contributed by atoms with E-state index in [9.17, 15) is 31.9 Å². The van der Waals surface area contributed by atoms with Crippen LogP contribution in [0.15, 0.2) is 53.8 Å². The molecule has 0 saturated heterocycles. The van der Waals surface area contributed by atoms with E-state index >= 15 is 8.78 Å². The molecule has 1 atom stereocenters. The number of nitrogens with one attached hydrogen (secondary N) is 1. The molecule has 2 heterocycles. The summed E-state index contributed by atoms with van der Waals surface area (Å²) in [6, 6.07) is 6.24. The van der Waals surface area contributed by atoms with Crippen LogP contribution in [0.25, 0.3) is 0 Å². The normalized spacial score (nSPS) is 13.4. The van der Waals surface area contributed by atoms with E-state index in [2.05, 4.69) is 21.9 Å². The third kappa shape index (κ3) is 7.05. The largest absolute Gasteiger partial charge is 0.405 e. The molecule has 0 aliphatic heterocycles. The quantitative estimate of drug-likeness (QED) is 0.0799. The Kier molecular flexibility index (Phi) is 9.03. The summed E-state index contributed by atoms with van der Waals surface area (Å²) >= 11 is 0.806. The third-order valence-electron chi connectivity index (χ3n) is 5.22. The zero-order valence-corrected chi connectivity index (χ0v) is 20.8. The van der Waals surface area contributed by atoms with Gasteiger partial charge in [0.05, 0.1) is 16.3 Å². The van der Waals surface area contributed by atoms with Crippen molar-refractivity contribution in [2.24, 2.45) is 16.8 Å². The molecule has 0 bridgehead atoms. The fourth-order valence-electron chi connectivity index (χ4n) is 3.36. The topological polar surface area (TPSA) is 130 Å². The number of benzene rings is 1. The van der Waals surface area contributed by atoms with Crippen LogP contribution in [0.1, 0.15) is 31.4 Å². The van der Waals surface area contributed by atoms with Crippen LogP contribution in [0.3, 0.4) is 0 Å². The first-order valence-corrected chi connectivity index (χ1v) is 11.7. The van der Waals surface area contributed by atoms with Crippen LogP contribution in [-0.2, 0) is 11.5 Å². The van der Waals surface area contributed by atoms with Crippen LogP contribution in [0.2, 0.25) is 0 Å². The van der Waals surface area contributed by atoms with Crippen molar-refractivity contribution < 1.29 is 40.6 Å². The second kappa shape index (κ2) is 11.9. The van der Waals surface area contributed by atoms with Crippen molar-refractivity contribution in [3.8, 4) is 11.8 Å². The molecule has 16 heteroatoms. The highest BCUT2D eigenvalue weighted by molar-refractivity contribution is 7.14. The molecule has 0 aliphatic carbocycles. The van der Waals surface area contributed by atoms with Crippen LogP contribution in [0.5, 0.6) is 0 Å². The maximum absolute atomic E-state index is 15.7. The van der Waals surface area contributed by atoms with Gasteiger partial charge >= 0.3 is 12.1 Å². The van der Waals surface area contributed by atoms with E-state index in [1.807, 2.05) is 0 Å². The molecule has 212 valence electrons. The molecular formula is C24H19F7N6O2S. The molecule has 40 heavy (non-hydrogen) atoms. The second-order valence-electron chi connectivity index (χ2n) is 8.14. The summed E-state index contributed by atoms with van der Waals surface area (Å²) in [7, 11) is 0. The number of hydrazone groups is 1. The zero-order chi connectivity index (χ0) is 29.7. The molecule has 1 amide bonds. The highest BCUT2D eigenvalue weighted by Crippen LogP contribution is 2.46.